The molecule has 0 spiro atoms. The van der Waals surface area contributed by atoms with E-state index in [1.165, 1.54) is 5.56 Å². The first-order valence-electron chi connectivity index (χ1n) is 10.3. The van der Waals surface area contributed by atoms with Gasteiger partial charge in [0.2, 0.25) is 5.89 Å². The van der Waals surface area contributed by atoms with Crippen LogP contribution in [-0.4, -0.2) is 62.0 Å². The highest BCUT2D eigenvalue weighted by molar-refractivity contribution is 5.94. The minimum Gasteiger partial charge on any atom is -0.339 e. The largest absolute Gasteiger partial charge is 0.339 e. The zero-order chi connectivity index (χ0) is 20.6. The van der Waals surface area contributed by atoms with Gasteiger partial charge >= 0.3 is 0 Å². The van der Waals surface area contributed by atoms with Crippen LogP contribution < -0.4 is 0 Å². The van der Waals surface area contributed by atoms with Crippen molar-refractivity contribution in [3.8, 4) is 0 Å². The Bertz CT molecular complexity index is 1020. The molecule has 5 heterocycles. The van der Waals surface area contributed by atoms with Crippen molar-refractivity contribution in [3.63, 3.8) is 0 Å². The Morgan fingerprint density at radius 2 is 2.03 bits per heavy atom. The molecule has 1 amide bonds. The van der Waals surface area contributed by atoms with E-state index in [0.29, 0.717) is 36.3 Å². The van der Waals surface area contributed by atoms with Crippen molar-refractivity contribution in [2.45, 2.75) is 25.3 Å². The van der Waals surface area contributed by atoms with Gasteiger partial charge in [0.05, 0.1) is 11.0 Å². The average Bonchev–Trinajstić information content (AvgIpc) is 3.38. The van der Waals surface area contributed by atoms with Crippen LogP contribution in [0.2, 0.25) is 0 Å². The summed E-state index contributed by atoms with van der Waals surface area (Å²) in [5.74, 6) is 1.62. The Morgan fingerprint density at radius 1 is 1.20 bits per heavy atom. The summed E-state index contributed by atoms with van der Waals surface area (Å²) in [6.07, 6.45) is 7.90. The van der Waals surface area contributed by atoms with Crippen LogP contribution >= 0.6 is 0 Å². The molecule has 0 bridgehead atoms. The number of carbonyl (C=O) groups excluding carboxylic acids is 1. The van der Waals surface area contributed by atoms with Gasteiger partial charge in [-0.2, -0.15) is 4.98 Å². The maximum atomic E-state index is 13.1. The van der Waals surface area contributed by atoms with Crippen LogP contribution in [0.15, 0.2) is 53.6 Å². The normalized spacial score (nSPS) is 24.0. The van der Waals surface area contributed by atoms with Gasteiger partial charge in [-0.05, 0) is 43.0 Å². The molecule has 3 aromatic rings. The van der Waals surface area contributed by atoms with Gasteiger partial charge in [0, 0.05) is 57.5 Å². The van der Waals surface area contributed by atoms with Crippen molar-refractivity contribution in [1.29, 1.82) is 0 Å². The second-order valence-corrected chi connectivity index (χ2v) is 8.29. The van der Waals surface area contributed by atoms with E-state index in [2.05, 4.69) is 31.1 Å². The maximum absolute atomic E-state index is 13.1. The van der Waals surface area contributed by atoms with Gasteiger partial charge in [0.25, 0.3) is 5.91 Å². The summed E-state index contributed by atoms with van der Waals surface area (Å²) in [6, 6.07) is 7.66. The van der Waals surface area contributed by atoms with Crippen LogP contribution in [0.5, 0.6) is 0 Å². The first-order chi connectivity index (χ1) is 14.6. The Kier molecular flexibility index (Phi) is 4.78. The first kappa shape index (κ1) is 18.9. The molecule has 0 aliphatic carbocycles. The number of aryl methyl sites for hydroxylation is 1. The van der Waals surface area contributed by atoms with Crippen molar-refractivity contribution >= 4 is 5.91 Å². The number of hydrogen-bond acceptors (Lipinski definition) is 7. The van der Waals surface area contributed by atoms with E-state index in [4.69, 9.17) is 4.52 Å². The molecular weight excluding hydrogens is 380 g/mol. The van der Waals surface area contributed by atoms with Gasteiger partial charge in [-0.25, -0.2) is 0 Å². The number of aromatic nitrogens is 4. The molecule has 8 nitrogen and oxygen atoms in total. The summed E-state index contributed by atoms with van der Waals surface area (Å²) in [6.45, 7) is 5.64. The molecule has 0 saturated carbocycles. The molecule has 0 radical (unpaired) electrons. The van der Waals surface area contributed by atoms with Gasteiger partial charge in [0.1, 0.15) is 0 Å². The highest BCUT2D eigenvalue weighted by Crippen LogP contribution is 2.44. The zero-order valence-electron chi connectivity index (χ0n) is 16.9. The second kappa shape index (κ2) is 7.60. The van der Waals surface area contributed by atoms with Crippen LogP contribution in [0.3, 0.4) is 0 Å². The Labute approximate surface area is 174 Å². The summed E-state index contributed by atoms with van der Waals surface area (Å²) in [5.41, 5.74) is 1.42. The second-order valence-electron chi connectivity index (χ2n) is 8.29. The summed E-state index contributed by atoms with van der Waals surface area (Å²) in [4.78, 5) is 30.4. The van der Waals surface area contributed by atoms with Gasteiger partial charge < -0.3 is 9.42 Å². The number of pyridine rings is 2. The molecule has 30 heavy (non-hydrogen) atoms. The smallest absolute Gasteiger partial charge is 0.255 e. The fourth-order valence-electron chi connectivity index (χ4n) is 4.88. The van der Waals surface area contributed by atoms with Crippen molar-refractivity contribution in [2.75, 3.05) is 26.2 Å². The third-order valence-electron chi connectivity index (χ3n) is 6.26. The quantitative estimate of drug-likeness (QED) is 0.658. The molecule has 0 unspecified atom stereocenters. The molecule has 0 N–H and O–H groups in total. The zero-order valence-corrected chi connectivity index (χ0v) is 16.9. The van der Waals surface area contributed by atoms with Crippen molar-refractivity contribution in [2.24, 2.45) is 5.92 Å². The molecule has 2 fully saturated rings. The number of hydrogen-bond donors (Lipinski definition) is 0. The van der Waals surface area contributed by atoms with Crippen LogP contribution in [0.4, 0.5) is 0 Å². The fourth-order valence-corrected chi connectivity index (χ4v) is 4.88. The fraction of sp³-hybridized carbons (Fsp3) is 0.409. The van der Waals surface area contributed by atoms with E-state index in [-0.39, 0.29) is 11.3 Å². The van der Waals surface area contributed by atoms with Crippen molar-refractivity contribution in [3.05, 3.63) is 71.9 Å². The van der Waals surface area contributed by atoms with Crippen molar-refractivity contribution in [1.82, 2.24) is 29.9 Å². The van der Waals surface area contributed by atoms with Crippen LogP contribution in [-0.2, 0) is 12.0 Å². The van der Waals surface area contributed by atoms with Gasteiger partial charge in [-0.15, -0.1) is 0 Å². The molecule has 3 aromatic heterocycles. The van der Waals surface area contributed by atoms with E-state index >= 15 is 0 Å². The minimum atomic E-state index is -0.362. The molecule has 154 valence electrons. The van der Waals surface area contributed by atoms with E-state index < -0.39 is 0 Å². The predicted octanol–water partition coefficient (Wildman–Crippen LogP) is 2.08. The number of piperidine rings is 1. The van der Waals surface area contributed by atoms with E-state index in [1.54, 1.807) is 24.7 Å². The summed E-state index contributed by atoms with van der Waals surface area (Å²) in [7, 11) is 0. The Morgan fingerprint density at radius 3 is 2.73 bits per heavy atom. The number of amides is 1. The lowest BCUT2D eigenvalue weighted by Crippen LogP contribution is -2.53. The van der Waals surface area contributed by atoms with Gasteiger partial charge in [0.15, 0.2) is 5.82 Å². The SMILES string of the molecule is Cc1noc([C@@]23CN(Cc4cccnc4)C[C@@H]2CCN(C(=O)c2cccnc2)C3)n1. The first-order valence-corrected chi connectivity index (χ1v) is 10.3. The van der Waals surface area contributed by atoms with Crippen molar-refractivity contribution < 1.29 is 9.32 Å². The minimum absolute atomic E-state index is 0.00266. The highest BCUT2D eigenvalue weighted by Gasteiger charge is 2.55. The summed E-state index contributed by atoms with van der Waals surface area (Å²) < 4.78 is 5.69. The topological polar surface area (TPSA) is 88.3 Å². The van der Waals surface area contributed by atoms with E-state index in [9.17, 15) is 4.79 Å². The maximum Gasteiger partial charge on any atom is 0.255 e. The van der Waals surface area contributed by atoms with Gasteiger partial charge in [-0.1, -0.05) is 11.2 Å². The third-order valence-corrected chi connectivity index (χ3v) is 6.26. The number of nitrogens with zero attached hydrogens (tertiary/aromatic N) is 6. The molecule has 8 heteroatoms. The molecular formula is C22H24N6O2. The molecule has 2 saturated heterocycles. The number of carbonyl (C=O) groups is 1. The lowest BCUT2D eigenvalue weighted by atomic mass is 9.73. The number of likely N-dealkylation sites (tertiary alicyclic amines) is 2. The van der Waals surface area contributed by atoms with E-state index in [1.807, 2.05) is 30.2 Å². The summed E-state index contributed by atoms with van der Waals surface area (Å²) >= 11 is 0. The lowest BCUT2D eigenvalue weighted by molar-refractivity contribution is 0.0536. The molecule has 0 aromatic carbocycles. The van der Waals surface area contributed by atoms with Gasteiger partial charge in [-0.3, -0.25) is 19.7 Å². The molecule has 2 aliphatic rings. The number of rotatable bonds is 4. The Balaban J connectivity index is 1.44. The van der Waals surface area contributed by atoms with Crippen LogP contribution in [0.25, 0.3) is 0 Å². The standard InChI is InChI=1S/C22H24N6O2/c1-16-25-21(30-26-16)22-14-27(12-17-4-2-7-23-10-17)13-19(22)6-9-28(15-22)20(29)18-5-3-8-24-11-18/h2-5,7-8,10-11,19H,6,9,12-15H2,1H3/t19-,22+/m0/s1. The summed E-state index contributed by atoms with van der Waals surface area (Å²) in [5, 5.41) is 4.06. The third kappa shape index (κ3) is 3.37. The molecule has 2 aliphatic heterocycles. The monoisotopic (exact) mass is 404 g/mol. The van der Waals surface area contributed by atoms with Crippen LogP contribution in [0, 0.1) is 12.8 Å². The average molecular weight is 404 g/mol. The predicted molar refractivity (Wildman–Crippen MR) is 108 cm³/mol. The molecule has 5 rings (SSSR count). The number of fused-ring (bicyclic) bond motifs is 1. The van der Waals surface area contributed by atoms with E-state index in [0.717, 1.165) is 26.1 Å². The highest BCUT2D eigenvalue weighted by atomic mass is 16.5. The molecule has 2 atom stereocenters. The Hall–Kier alpha value is -3.13. The lowest BCUT2D eigenvalue weighted by Gasteiger charge is -2.41. The van der Waals surface area contributed by atoms with Crippen LogP contribution in [0.1, 0.15) is 34.1 Å².